The minimum Gasteiger partial charge on any atom is -0.354 e. The van der Waals surface area contributed by atoms with Crippen LogP contribution in [0.2, 0.25) is 0 Å². The predicted octanol–water partition coefficient (Wildman–Crippen LogP) is 1.78. The van der Waals surface area contributed by atoms with Gasteiger partial charge in [0.25, 0.3) is 0 Å². The van der Waals surface area contributed by atoms with Crippen molar-refractivity contribution >= 4 is 17.6 Å². The summed E-state index contributed by atoms with van der Waals surface area (Å²) in [6.07, 6.45) is 4.64. The van der Waals surface area contributed by atoms with Gasteiger partial charge in [0.05, 0.1) is 0 Å². The van der Waals surface area contributed by atoms with Gasteiger partial charge in [0, 0.05) is 32.1 Å². The SMILES string of the molecule is CCCNc1nccc(Nc2ccn(C)n2)n1. The van der Waals surface area contributed by atoms with E-state index in [9.17, 15) is 0 Å². The van der Waals surface area contributed by atoms with Gasteiger partial charge >= 0.3 is 0 Å². The van der Waals surface area contributed by atoms with Crippen molar-refractivity contribution in [3.8, 4) is 0 Å². The van der Waals surface area contributed by atoms with Crippen molar-refractivity contribution in [2.45, 2.75) is 13.3 Å². The molecular weight excluding hydrogens is 216 g/mol. The zero-order chi connectivity index (χ0) is 12.1. The largest absolute Gasteiger partial charge is 0.354 e. The van der Waals surface area contributed by atoms with Gasteiger partial charge in [0.15, 0.2) is 5.82 Å². The Labute approximate surface area is 100 Å². The number of nitrogens with one attached hydrogen (secondary N) is 2. The first-order chi connectivity index (χ1) is 8.28. The number of aromatic nitrogens is 4. The molecule has 0 radical (unpaired) electrons. The fraction of sp³-hybridized carbons (Fsp3) is 0.364. The van der Waals surface area contributed by atoms with Crippen molar-refractivity contribution in [1.82, 2.24) is 19.7 Å². The van der Waals surface area contributed by atoms with E-state index < -0.39 is 0 Å². The third-order valence-corrected chi connectivity index (χ3v) is 2.16. The molecule has 0 spiro atoms. The first kappa shape index (κ1) is 11.4. The van der Waals surface area contributed by atoms with Crippen molar-refractivity contribution in [3.05, 3.63) is 24.5 Å². The lowest BCUT2D eigenvalue weighted by Crippen LogP contribution is -2.05. The molecule has 0 aliphatic heterocycles. The number of nitrogens with zero attached hydrogens (tertiary/aromatic N) is 4. The molecule has 6 heteroatoms. The second-order valence-electron chi connectivity index (χ2n) is 3.69. The summed E-state index contributed by atoms with van der Waals surface area (Å²) in [7, 11) is 1.87. The standard InChI is InChI=1S/C11H16N6/c1-3-6-12-11-13-7-4-9(15-11)14-10-5-8-17(2)16-10/h4-5,7-8H,3,6H2,1-2H3,(H2,12,13,14,15,16). The number of rotatable bonds is 5. The van der Waals surface area contributed by atoms with Crippen LogP contribution < -0.4 is 10.6 Å². The molecule has 0 aromatic carbocycles. The molecule has 17 heavy (non-hydrogen) atoms. The van der Waals surface area contributed by atoms with Gasteiger partial charge in [0.2, 0.25) is 5.95 Å². The average molecular weight is 232 g/mol. The Morgan fingerprint density at radius 3 is 2.88 bits per heavy atom. The summed E-state index contributed by atoms with van der Waals surface area (Å²) < 4.78 is 1.74. The van der Waals surface area contributed by atoms with Crippen molar-refractivity contribution < 1.29 is 0 Å². The van der Waals surface area contributed by atoms with Crippen LogP contribution in [-0.4, -0.2) is 26.3 Å². The zero-order valence-corrected chi connectivity index (χ0v) is 10.0. The molecule has 0 fully saturated rings. The Hall–Kier alpha value is -2.11. The van der Waals surface area contributed by atoms with Gasteiger partial charge in [-0.2, -0.15) is 10.1 Å². The Balaban J connectivity index is 2.05. The van der Waals surface area contributed by atoms with Crippen LogP contribution in [0.25, 0.3) is 0 Å². The third kappa shape index (κ3) is 3.17. The molecule has 90 valence electrons. The van der Waals surface area contributed by atoms with E-state index in [1.54, 1.807) is 10.9 Å². The maximum absolute atomic E-state index is 4.33. The summed E-state index contributed by atoms with van der Waals surface area (Å²) in [4.78, 5) is 8.47. The molecule has 0 aliphatic rings. The molecule has 0 unspecified atom stereocenters. The van der Waals surface area contributed by atoms with E-state index in [0.29, 0.717) is 5.95 Å². The summed E-state index contributed by atoms with van der Waals surface area (Å²) >= 11 is 0. The van der Waals surface area contributed by atoms with Crippen molar-refractivity contribution in [2.75, 3.05) is 17.2 Å². The first-order valence-electron chi connectivity index (χ1n) is 5.61. The van der Waals surface area contributed by atoms with Crippen LogP contribution in [0.3, 0.4) is 0 Å². The zero-order valence-electron chi connectivity index (χ0n) is 10.0. The van der Waals surface area contributed by atoms with E-state index in [1.807, 2.05) is 25.4 Å². The smallest absolute Gasteiger partial charge is 0.224 e. The lowest BCUT2D eigenvalue weighted by Gasteiger charge is -2.05. The average Bonchev–Trinajstić information content (AvgIpc) is 2.73. The molecule has 0 aliphatic carbocycles. The lowest BCUT2D eigenvalue weighted by molar-refractivity contribution is 0.771. The van der Waals surface area contributed by atoms with Crippen LogP contribution in [0.15, 0.2) is 24.5 Å². The maximum atomic E-state index is 4.33. The van der Waals surface area contributed by atoms with Gasteiger partial charge in [0.1, 0.15) is 5.82 Å². The van der Waals surface area contributed by atoms with Gasteiger partial charge in [-0.05, 0) is 12.5 Å². The fourth-order valence-corrected chi connectivity index (χ4v) is 1.36. The molecule has 6 nitrogen and oxygen atoms in total. The van der Waals surface area contributed by atoms with Crippen LogP contribution in [0.5, 0.6) is 0 Å². The first-order valence-corrected chi connectivity index (χ1v) is 5.61. The van der Waals surface area contributed by atoms with Gasteiger partial charge in [-0.3, -0.25) is 4.68 Å². The van der Waals surface area contributed by atoms with Crippen molar-refractivity contribution in [3.63, 3.8) is 0 Å². The van der Waals surface area contributed by atoms with Crippen LogP contribution >= 0.6 is 0 Å². The number of aryl methyl sites for hydroxylation is 1. The van der Waals surface area contributed by atoms with Crippen molar-refractivity contribution in [1.29, 1.82) is 0 Å². The summed E-state index contributed by atoms with van der Waals surface area (Å²) in [6.45, 7) is 2.97. The highest BCUT2D eigenvalue weighted by molar-refractivity contribution is 5.51. The minimum atomic E-state index is 0.632. The molecule has 0 bridgehead atoms. The summed E-state index contributed by atoms with van der Waals surface area (Å²) in [5.41, 5.74) is 0. The Morgan fingerprint density at radius 1 is 1.29 bits per heavy atom. The Kier molecular flexibility index (Phi) is 3.54. The molecule has 0 saturated carbocycles. The quantitative estimate of drug-likeness (QED) is 0.822. The van der Waals surface area contributed by atoms with E-state index in [-0.39, 0.29) is 0 Å². The fourth-order valence-electron chi connectivity index (χ4n) is 1.36. The summed E-state index contributed by atoms with van der Waals surface area (Å²) in [5.74, 6) is 2.14. The maximum Gasteiger partial charge on any atom is 0.224 e. The summed E-state index contributed by atoms with van der Waals surface area (Å²) in [5, 5.41) is 10.5. The normalized spacial score (nSPS) is 10.2. The topological polar surface area (TPSA) is 67.7 Å². The highest BCUT2D eigenvalue weighted by Gasteiger charge is 2.00. The van der Waals surface area contributed by atoms with E-state index in [0.717, 1.165) is 24.6 Å². The Morgan fingerprint density at radius 2 is 2.18 bits per heavy atom. The van der Waals surface area contributed by atoms with E-state index in [1.165, 1.54) is 0 Å². The number of anilines is 3. The van der Waals surface area contributed by atoms with Gasteiger partial charge in [-0.25, -0.2) is 4.98 Å². The Bertz CT molecular complexity index is 478. The molecule has 2 rings (SSSR count). The second kappa shape index (κ2) is 5.29. The van der Waals surface area contributed by atoms with E-state index >= 15 is 0 Å². The highest BCUT2D eigenvalue weighted by Crippen LogP contribution is 2.12. The molecule has 2 aromatic heterocycles. The van der Waals surface area contributed by atoms with Crippen LogP contribution in [0.1, 0.15) is 13.3 Å². The number of hydrogen-bond donors (Lipinski definition) is 2. The summed E-state index contributed by atoms with van der Waals surface area (Å²) in [6, 6.07) is 3.70. The van der Waals surface area contributed by atoms with Crippen LogP contribution in [0.4, 0.5) is 17.6 Å². The minimum absolute atomic E-state index is 0.632. The molecular formula is C11H16N6. The van der Waals surface area contributed by atoms with E-state index in [4.69, 9.17) is 0 Å². The monoisotopic (exact) mass is 232 g/mol. The van der Waals surface area contributed by atoms with Crippen LogP contribution in [0, 0.1) is 0 Å². The molecule has 0 amide bonds. The predicted molar refractivity (Wildman–Crippen MR) is 67.3 cm³/mol. The molecule has 0 saturated heterocycles. The molecule has 2 aromatic rings. The van der Waals surface area contributed by atoms with Gasteiger partial charge in [-0.1, -0.05) is 6.92 Å². The molecule has 0 atom stereocenters. The van der Waals surface area contributed by atoms with E-state index in [2.05, 4.69) is 32.6 Å². The second-order valence-corrected chi connectivity index (χ2v) is 3.69. The molecule has 2 N–H and O–H groups in total. The molecule has 2 heterocycles. The van der Waals surface area contributed by atoms with Crippen LogP contribution in [-0.2, 0) is 7.05 Å². The number of hydrogen-bond acceptors (Lipinski definition) is 5. The third-order valence-electron chi connectivity index (χ3n) is 2.16. The van der Waals surface area contributed by atoms with Crippen molar-refractivity contribution in [2.24, 2.45) is 7.05 Å². The lowest BCUT2D eigenvalue weighted by atomic mass is 10.5. The van der Waals surface area contributed by atoms with Gasteiger partial charge in [-0.15, -0.1) is 0 Å². The highest BCUT2D eigenvalue weighted by atomic mass is 15.3. The van der Waals surface area contributed by atoms with Gasteiger partial charge < -0.3 is 10.6 Å².